The van der Waals surface area contributed by atoms with Gasteiger partial charge in [0.1, 0.15) is 0 Å². The molecule has 16 heavy (non-hydrogen) atoms. The highest BCUT2D eigenvalue weighted by Gasteiger charge is 2.54. The zero-order valence-electron chi connectivity index (χ0n) is 8.14. The van der Waals surface area contributed by atoms with Crippen molar-refractivity contribution >= 4 is 23.3 Å². The molecule has 0 aliphatic heterocycles. The maximum atomic E-state index is 11.1. The summed E-state index contributed by atoms with van der Waals surface area (Å²) in [6, 6.07) is 4.11. The Labute approximate surface area is 95.8 Å². The second kappa shape index (κ2) is 3.45. The molecule has 0 radical (unpaired) electrons. The monoisotopic (exact) mass is 241 g/mol. The topological polar surface area (TPSA) is 80.4 Å². The number of aliphatic carboxylic acids is 1. The molecule has 1 aliphatic rings. The molecule has 0 saturated heterocycles. The van der Waals surface area contributed by atoms with Crippen LogP contribution < -0.4 is 0 Å². The Kier molecular flexibility index (Phi) is 2.35. The van der Waals surface area contributed by atoms with Crippen molar-refractivity contribution in [2.24, 2.45) is 0 Å². The standard InChI is InChI=1S/C10H8ClNO4/c11-6-1-2-7(8(5-6)12(15)16)10(3-4-10)9(13)14/h1-2,5H,3-4H2,(H,13,14). The first-order valence-electron chi connectivity index (χ1n) is 4.65. The normalized spacial score (nSPS) is 16.8. The Morgan fingerprint density at radius 2 is 2.12 bits per heavy atom. The summed E-state index contributed by atoms with van der Waals surface area (Å²) in [5.41, 5.74) is -1.05. The summed E-state index contributed by atoms with van der Waals surface area (Å²) in [5, 5.41) is 20.1. The Balaban J connectivity index is 2.57. The fourth-order valence-electron chi connectivity index (χ4n) is 1.78. The van der Waals surface area contributed by atoms with E-state index in [1.807, 2.05) is 0 Å². The number of halogens is 1. The van der Waals surface area contributed by atoms with E-state index in [0.717, 1.165) is 0 Å². The molecule has 1 fully saturated rings. The smallest absolute Gasteiger partial charge is 0.314 e. The van der Waals surface area contributed by atoms with Crippen molar-refractivity contribution in [1.29, 1.82) is 0 Å². The Morgan fingerprint density at radius 1 is 1.50 bits per heavy atom. The minimum atomic E-state index is -1.08. The van der Waals surface area contributed by atoms with Crippen LogP contribution in [0.2, 0.25) is 5.02 Å². The van der Waals surface area contributed by atoms with Crippen LogP contribution in [0.3, 0.4) is 0 Å². The molecule has 0 aromatic heterocycles. The first-order valence-corrected chi connectivity index (χ1v) is 5.03. The number of nitro benzene ring substituents is 1. The average Bonchev–Trinajstić information content (AvgIpc) is 2.98. The number of benzene rings is 1. The van der Waals surface area contributed by atoms with Crippen molar-refractivity contribution in [1.82, 2.24) is 0 Å². The summed E-state index contributed by atoms with van der Waals surface area (Å²) < 4.78 is 0. The van der Waals surface area contributed by atoms with Crippen LogP contribution in [0.15, 0.2) is 18.2 Å². The van der Waals surface area contributed by atoms with Gasteiger partial charge >= 0.3 is 5.97 Å². The van der Waals surface area contributed by atoms with Crippen LogP contribution in [0, 0.1) is 10.1 Å². The molecule has 1 saturated carbocycles. The first-order chi connectivity index (χ1) is 7.47. The predicted molar refractivity (Wildman–Crippen MR) is 56.7 cm³/mol. The van der Waals surface area contributed by atoms with Crippen molar-refractivity contribution < 1.29 is 14.8 Å². The SMILES string of the molecule is O=C(O)C1(c2ccc(Cl)cc2[N+](=O)[O-])CC1. The number of rotatable bonds is 3. The van der Waals surface area contributed by atoms with Gasteiger partial charge in [0.15, 0.2) is 0 Å². The summed E-state index contributed by atoms with van der Waals surface area (Å²) in [7, 11) is 0. The molecular weight excluding hydrogens is 234 g/mol. The highest BCUT2D eigenvalue weighted by atomic mass is 35.5. The van der Waals surface area contributed by atoms with Gasteiger partial charge in [0.2, 0.25) is 0 Å². The van der Waals surface area contributed by atoms with Crippen LogP contribution in [0.25, 0.3) is 0 Å². The van der Waals surface area contributed by atoms with Crippen molar-refractivity contribution in [2.75, 3.05) is 0 Å². The number of nitrogens with zero attached hydrogens (tertiary/aromatic N) is 1. The lowest BCUT2D eigenvalue weighted by molar-refractivity contribution is -0.385. The third kappa shape index (κ3) is 1.53. The third-order valence-corrected chi connectivity index (χ3v) is 3.07. The van der Waals surface area contributed by atoms with Gasteiger partial charge in [0, 0.05) is 16.7 Å². The summed E-state index contributed by atoms with van der Waals surface area (Å²) in [6.07, 6.45) is 0.871. The third-order valence-electron chi connectivity index (χ3n) is 2.83. The fraction of sp³-hybridized carbons (Fsp3) is 0.300. The lowest BCUT2D eigenvalue weighted by Gasteiger charge is -2.10. The molecule has 0 unspecified atom stereocenters. The first kappa shape index (κ1) is 10.9. The van der Waals surface area contributed by atoms with Crippen LogP contribution >= 0.6 is 11.6 Å². The molecule has 2 rings (SSSR count). The highest BCUT2D eigenvalue weighted by Crippen LogP contribution is 2.51. The Bertz CT molecular complexity index is 482. The Morgan fingerprint density at radius 3 is 2.56 bits per heavy atom. The lowest BCUT2D eigenvalue weighted by atomic mass is 9.94. The molecule has 1 aromatic rings. The van der Waals surface area contributed by atoms with E-state index in [0.29, 0.717) is 12.8 Å². The fourth-order valence-corrected chi connectivity index (χ4v) is 1.95. The van der Waals surface area contributed by atoms with Gasteiger partial charge in [-0.2, -0.15) is 0 Å². The van der Waals surface area contributed by atoms with Crippen molar-refractivity contribution in [3.63, 3.8) is 0 Å². The molecule has 0 atom stereocenters. The van der Waals surface area contributed by atoms with Gasteiger partial charge in [0.05, 0.1) is 10.3 Å². The summed E-state index contributed by atoms with van der Waals surface area (Å²) in [4.78, 5) is 21.3. The molecule has 0 amide bonds. The van der Waals surface area contributed by atoms with E-state index < -0.39 is 16.3 Å². The van der Waals surface area contributed by atoms with E-state index in [4.69, 9.17) is 16.7 Å². The van der Waals surface area contributed by atoms with E-state index in [2.05, 4.69) is 0 Å². The van der Waals surface area contributed by atoms with Gasteiger partial charge < -0.3 is 5.11 Å². The van der Waals surface area contributed by atoms with Crippen LogP contribution in [-0.2, 0) is 10.2 Å². The molecule has 5 nitrogen and oxygen atoms in total. The molecule has 84 valence electrons. The number of carboxylic acids is 1. The molecule has 6 heteroatoms. The zero-order chi connectivity index (χ0) is 11.9. The second-order valence-electron chi connectivity index (χ2n) is 3.81. The van der Waals surface area contributed by atoms with E-state index in [1.54, 1.807) is 0 Å². The maximum absolute atomic E-state index is 11.1. The minimum absolute atomic E-state index is 0.215. The number of nitro groups is 1. The molecule has 0 spiro atoms. The summed E-state index contributed by atoms with van der Waals surface area (Å²) in [5.74, 6) is -1.02. The zero-order valence-corrected chi connectivity index (χ0v) is 8.90. The van der Waals surface area contributed by atoms with Gasteiger partial charge in [-0.05, 0) is 25.0 Å². The predicted octanol–water partition coefficient (Wildman–Crippen LogP) is 2.36. The van der Waals surface area contributed by atoms with Crippen molar-refractivity contribution in [3.05, 3.63) is 38.9 Å². The van der Waals surface area contributed by atoms with Crippen LogP contribution in [0.5, 0.6) is 0 Å². The molecule has 1 aliphatic carbocycles. The number of hydrogen-bond acceptors (Lipinski definition) is 3. The van der Waals surface area contributed by atoms with E-state index in [1.165, 1.54) is 18.2 Å². The summed E-state index contributed by atoms with van der Waals surface area (Å²) in [6.45, 7) is 0. The second-order valence-corrected chi connectivity index (χ2v) is 4.24. The average molecular weight is 242 g/mol. The van der Waals surface area contributed by atoms with Gasteiger partial charge in [-0.3, -0.25) is 14.9 Å². The largest absolute Gasteiger partial charge is 0.481 e. The molecule has 0 bridgehead atoms. The van der Waals surface area contributed by atoms with Gasteiger partial charge in [-0.1, -0.05) is 11.6 Å². The van der Waals surface area contributed by atoms with Gasteiger partial charge in [0.25, 0.3) is 5.69 Å². The summed E-state index contributed by atoms with van der Waals surface area (Å²) >= 11 is 5.66. The molecule has 0 heterocycles. The molecule has 1 N–H and O–H groups in total. The van der Waals surface area contributed by atoms with Crippen molar-refractivity contribution in [2.45, 2.75) is 18.3 Å². The van der Waals surface area contributed by atoms with Crippen LogP contribution in [0.4, 0.5) is 5.69 Å². The minimum Gasteiger partial charge on any atom is -0.481 e. The number of carboxylic acid groups (broad SMARTS) is 1. The van der Waals surface area contributed by atoms with Gasteiger partial charge in [-0.15, -0.1) is 0 Å². The van der Waals surface area contributed by atoms with Crippen LogP contribution in [0.1, 0.15) is 18.4 Å². The quantitative estimate of drug-likeness (QED) is 0.651. The highest BCUT2D eigenvalue weighted by molar-refractivity contribution is 6.30. The lowest BCUT2D eigenvalue weighted by Crippen LogP contribution is -2.20. The molecular formula is C10H8ClNO4. The van der Waals surface area contributed by atoms with E-state index in [9.17, 15) is 14.9 Å². The maximum Gasteiger partial charge on any atom is 0.314 e. The molecule has 1 aromatic carbocycles. The number of hydrogen-bond donors (Lipinski definition) is 1. The van der Waals surface area contributed by atoms with Crippen molar-refractivity contribution in [3.8, 4) is 0 Å². The number of carbonyl (C=O) groups is 1. The van der Waals surface area contributed by atoms with E-state index in [-0.39, 0.29) is 16.3 Å². The Hall–Kier alpha value is -1.62. The van der Waals surface area contributed by atoms with Crippen LogP contribution in [-0.4, -0.2) is 16.0 Å². The van der Waals surface area contributed by atoms with Gasteiger partial charge in [-0.25, -0.2) is 0 Å². The van der Waals surface area contributed by atoms with E-state index >= 15 is 0 Å².